The zero-order valence-corrected chi connectivity index (χ0v) is 5.87. The number of alkyl halides is 2. The Morgan fingerprint density at radius 3 is 2.44 bits per heavy atom. The van der Waals surface area contributed by atoms with Crippen LogP contribution in [0.4, 0.5) is 8.78 Å². The second-order valence-electron chi connectivity index (χ2n) is 2.19. The van der Waals surface area contributed by atoms with Crippen LogP contribution in [0.25, 0.3) is 0 Å². The van der Waals surface area contributed by atoms with E-state index in [1.165, 1.54) is 0 Å². The fourth-order valence-electron chi connectivity index (χ4n) is 0.664. The van der Waals surface area contributed by atoms with E-state index in [-0.39, 0.29) is 6.67 Å². The topological polar surface area (TPSA) is 0 Å². The van der Waals surface area contributed by atoms with Crippen molar-refractivity contribution in [2.75, 3.05) is 6.67 Å². The third-order valence-corrected chi connectivity index (χ3v) is 1.34. The number of hydrogen-bond acceptors (Lipinski definition) is 0. The molecular weight excluding hydrogens is 122 g/mol. The van der Waals surface area contributed by atoms with Gasteiger partial charge in [0.25, 0.3) is 0 Å². The van der Waals surface area contributed by atoms with Gasteiger partial charge in [0.2, 0.25) is 0 Å². The monoisotopic (exact) mass is 136 g/mol. The lowest BCUT2D eigenvalue weighted by molar-refractivity contribution is 0.292. The maximum absolute atomic E-state index is 12.3. The van der Waals surface area contributed by atoms with Crippen molar-refractivity contribution >= 4 is 0 Å². The Bertz CT molecular complexity index is 54.9. The number of unbranched alkanes of at least 4 members (excludes halogenated alkanes) is 1. The van der Waals surface area contributed by atoms with Gasteiger partial charge >= 0.3 is 0 Å². The van der Waals surface area contributed by atoms with E-state index in [1.54, 1.807) is 6.92 Å². The molecule has 9 heavy (non-hydrogen) atoms. The van der Waals surface area contributed by atoms with Crippen LogP contribution in [0.15, 0.2) is 0 Å². The first-order chi connectivity index (χ1) is 4.31. The minimum atomic E-state index is -0.712. The lowest BCUT2D eigenvalue weighted by Crippen LogP contribution is -1.96. The van der Waals surface area contributed by atoms with Crippen molar-refractivity contribution in [1.82, 2.24) is 0 Å². The van der Waals surface area contributed by atoms with Crippen molar-refractivity contribution in [2.24, 2.45) is 0 Å². The summed E-state index contributed by atoms with van der Waals surface area (Å²) in [7, 11) is 0. The van der Waals surface area contributed by atoms with Crippen molar-refractivity contribution in [3.8, 4) is 0 Å². The van der Waals surface area contributed by atoms with E-state index in [0.717, 1.165) is 0 Å². The Balaban J connectivity index is 2.88. The van der Waals surface area contributed by atoms with Crippen LogP contribution in [0.5, 0.6) is 0 Å². The van der Waals surface area contributed by atoms with E-state index in [9.17, 15) is 8.78 Å². The maximum atomic E-state index is 12.3. The summed E-state index contributed by atoms with van der Waals surface area (Å²) >= 11 is 0. The van der Waals surface area contributed by atoms with Crippen LogP contribution in [0, 0.1) is 0 Å². The molecule has 0 radical (unpaired) electrons. The molecule has 0 bridgehead atoms. The van der Waals surface area contributed by atoms with Gasteiger partial charge in [-0.15, -0.1) is 0 Å². The molecule has 0 aromatic rings. The summed E-state index contributed by atoms with van der Waals surface area (Å²) in [4.78, 5) is 0. The van der Waals surface area contributed by atoms with Crippen molar-refractivity contribution in [2.45, 2.75) is 38.8 Å². The van der Waals surface area contributed by atoms with Crippen molar-refractivity contribution in [3.63, 3.8) is 0 Å². The first kappa shape index (κ1) is 8.86. The van der Waals surface area contributed by atoms with Crippen LogP contribution in [-0.2, 0) is 0 Å². The molecule has 0 rings (SSSR count). The van der Waals surface area contributed by atoms with Gasteiger partial charge < -0.3 is 0 Å². The molecule has 0 nitrogen and oxygen atoms in total. The Morgan fingerprint density at radius 1 is 1.33 bits per heavy atom. The van der Waals surface area contributed by atoms with Crippen LogP contribution in [-0.4, -0.2) is 12.8 Å². The summed E-state index contributed by atoms with van der Waals surface area (Å²) in [6, 6.07) is 0. The van der Waals surface area contributed by atoms with Crippen LogP contribution in [0.2, 0.25) is 0 Å². The van der Waals surface area contributed by atoms with E-state index in [4.69, 9.17) is 0 Å². The summed E-state index contributed by atoms with van der Waals surface area (Å²) in [5.41, 5.74) is 0. The Hall–Kier alpha value is -0.140. The Morgan fingerprint density at radius 2 is 2.00 bits per heavy atom. The Labute approximate surface area is 55.3 Å². The normalized spacial score (nSPS) is 13.7. The molecule has 0 saturated carbocycles. The molecule has 0 amide bonds. The standard InChI is InChI=1S/C7H14F2/c1-2-7(9)5-3-4-6-8/h7H,2-6H2,1H3/t7-/m0/s1. The molecule has 0 saturated heterocycles. The molecule has 0 aliphatic rings. The summed E-state index contributed by atoms with van der Waals surface area (Å²) in [5, 5.41) is 0. The van der Waals surface area contributed by atoms with E-state index in [2.05, 4.69) is 0 Å². The molecule has 0 aromatic heterocycles. The molecule has 0 spiro atoms. The van der Waals surface area contributed by atoms with Gasteiger partial charge in [0.1, 0.15) is 0 Å². The largest absolute Gasteiger partial charge is 0.251 e. The summed E-state index contributed by atoms with van der Waals surface area (Å²) in [6.07, 6.45) is 1.58. The highest BCUT2D eigenvalue weighted by Crippen LogP contribution is 2.07. The first-order valence-corrected chi connectivity index (χ1v) is 3.51. The highest BCUT2D eigenvalue weighted by atomic mass is 19.1. The van der Waals surface area contributed by atoms with Crippen LogP contribution < -0.4 is 0 Å². The average molecular weight is 136 g/mol. The number of hydrogen-bond donors (Lipinski definition) is 0. The Kier molecular flexibility index (Phi) is 5.89. The fraction of sp³-hybridized carbons (Fsp3) is 1.00. The van der Waals surface area contributed by atoms with Gasteiger partial charge in [0, 0.05) is 0 Å². The van der Waals surface area contributed by atoms with Crippen molar-refractivity contribution in [3.05, 3.63) is 0 Å². The molecule has 0 aromatic carbocycles. The molecule has 0 aliphatic heterocycles. The van der Waals surface area contributed by atoms with Crippen LogP contribution in [0.3, 0.4) is 0 Å². The molecule has 0 fully saturated rings. The molecule has 0 N–H and O–H groups in total. The molecule has 0 aliphatic carbocycles. The average Bonchev–Trinajstić information content (AvgIpc) is 1.89. The maximum Gasteiger partial charge on any atom is 0.0999 e. The third-order valence-electron chi connectivity index (χ3n) is 1.34. The molecule has 1 atom stereocenters. The lowest BCUT2D eigenvalue weighted by Gasteiger charge is -2.01. The molecular formula is C7H14F2. The minimum absolute atomic E-state index is 0.309. The van der Waals surface area contributed by atoms with Gasteiger partial charge in [-0.1, -0.05) is 6.92 Å². The van der Waals surface area contributed by atoms with Crippen molar-refractivity contribution < 1.29 is 8.78 Å². The zero-order chi connectivity index (χ0) is 7.11. The smallest absolute Gasteiger partial charge is 0.0999 e. The molecule has 0 unspecified atom stereocenters. The van der Waals surface area contributed by atoms with Gasteiger partial charge in [0.15, 0.2) is 0 Å². The quantitative estimate of drug-likeness (QED) is 0.510. The van der Waals surface area contributed by atoms with Crippen LogP contribution in [0.1, 0.15) is 32.6 Å². The molecule has 2 heteroatoms. The summed E-state index contributed by atoms with van der Waals surface area (Å²) in [6.45, 7) is 1.50. The van der Waals surface area contributed by atoms with Crippen LogP contribution >= 0.6 is 0 Å². The van der Waals surface area contributed by atoms with Crippen molar-refractivity contribution in [1.29, 1.82) is 0 Å². The zero-order valence-electron chi connectivity index (χ0n) is 5.87. The van der Waals surface area contributed by atoms with E-state index in [0.29, 0.717) is 25.7 Å². The van der Waals surface area contributed by atoms with Gasteiger partial charge in [-0.2, -0.15) is 0 Å². The van der Waals surface area contributed by atoms with Gasteiger partial charge in [0.05, 0.1) is 12.8 Å². The predicted octanol–water partition coefficient (Wildman–Crippen LogP) is 2.87. The second kappa shape index (κ2) is 5.99. The fourth-order valence-corrected chi connectivity index (χ4v) is 0.664. The van der Waals surface area contributed by atoms with E-state index in [1.807, 2.05) is 0 Å². The van der Waals surface area contributed by atoms with Gasteiger partial charge in [-0.3, -0.25) is 4.39 Å². The highest BCUT2D eigenvalue weighted by Gasteiger charge is 2.00. The predicted molar refractivity (Wildman–Crippen MR) is 35.0 cm³/mol. The molecule has 56 valence electrons. The third kappa shape index (κ3) is 5.74. The summed E-state index contributed by atoms with van der Waals surface area (Å²) < 4.78 is 23.8. The number of halogens is 2. The number of rotatable bonds is 5. The first-order valence-electron chi connectivity index (χ1n) is 3.51. The van der Waals surface area contributed by atoms with Gasteiger partial charge in [-0.05, 0) is 25.7 Å². The van der Waals surface area contributed by atoms with E-state index >= 15 is 0 Å². The minimum Gasteiger partial charge on any atom is -0.251 e. The molecule has 0 heterocycles. The van der Waals surface area contributed by atoms with Gasteiger partial charge in [-0.25, -0.2) is 4.39 Å². The van der Waals surface area contributed by atoms with E-state index < -0.39 is 6.17 Å². The highest BCUT2D eigenvalue weighted by molar-refractivity contribution is 4.52. The SMILES string of the molecule is CC[C@H](F)CCCCF. The second-order valence-corrected chi connectivity index (χ2v) is 2.19. The summed E-state index contributed by atoms with van der Waals surface area (Å²) in [5.74, 6) is 0. The lowest BCUT2D eigenvalue weighted by atomic mass is 10.1.